The fraction of sp³-hybridized carbons (Fsp3) is 0.333. The van der Waals surface area contributed by atoms with Crippen molar-refractivity contribution in [3.63, 3.8) is 0 Å². The Morgan fingerprint density at radius 3 is 2.46 bits per heavy atom. The van der Waals surface area contributed by atoms with E-state index in [-0.39, 0.29) is 23.6 Å². The Kier molecular flexibility index (Phi) is 7.42. The van der Waals surface area contributed by atoms with Gasteiger partial charge in [0.25, 0.3) is 0 Å². The number of nitrogens with zero attached hydrogens (tertiary/aromatic N) is 2. The Balaban J connectivity index is 1.29. The van der Waals surface area contributed by atoms with Crippen LogP contribution in [0, 0.1) is 0 Å². The summed E-state index contributed by atoms with van der Waals surface area (Å²) in [5.41, 5.74) is 4.75. The molecule has 1 aliphatic rings. The predicted molar refractivity (Wildman–Crippen MR) is 145 cm³/mol. The third kappa shape index (κ3) is 5.32. The topological polar surface area (TPSA) is 76.6 Å². The lowest BCUT2D eigenvalue weighted by Crippen LogP contribution is -2.37. The zero-order valence-electron chi connectivity index (χ0n) is 21.4. The van der Waals surface area contributed by atoms with Crippen LogP contribution in [0.4, 0.5) is 0 Å². The van der Waals surface area contributed by atoms with Crippen LogP contribution in [0.5, 0.6) is 5.75 Å². The van der Waals surface area contributed by atoms with Crippen molar-refractivity contribution in [2.24, 2.45) is 0 Å². The maximum atomic E-state index is 12.6. The van der Waals surface area contributed by atoms with Gasteiger partial charge in [-0.05, 0) is 73.3 Å². The number of benzene rings is 3. The van der Waals surface area contributed by atoms with E-state index in [2.05, 4.69) is 22.0 Å². The number of ether oxygens (including phenoxy) is 2. The number of likely N-dealkylation sites (tertiary alicyclic amines) is 1. The Morgan fingerprint density at radius 2 is 1.73 bits per heavy atom. The van der Waals surface area contributed by atoms with E-state index in [1.54, 1.807) is 7.11 Å². The second kappa shape index (κ2) is 11.0. The largest absolute Gasteiger partial charge is 0.497 e. The molecule has 1 aromatic heterocycles. The van der Waals surface area contributed by atoms with Gasteiger partial charge in [0, 0.05) is 25.0 Å². The molecule has 7 heteroatoms. The smallest absolute Gasteiger partial charge is 0.337 e. The number of aromatic nitrogens is 2. The average molecular weight is 500 g/mol. The summed E-state index contributed by atoms with van der Waals surface area (Å²) in [5, 5.41) is 0. The van der Waals surface area contributed by atoms with E-state index in [0.717, 1.165) is 61.2 Å². The summed E-state index contributed by atoms with van der Waals surface area (Å²) in [4.78, 5) is 30.0. The maximum absolute atomic E-state index is 12.6. The molecule has 0 amide bonds. The number of carbonyl (C=O) groups is 1. The van der Waals surface area contributed by atoms with Gasteiger partial charge in [0.05, 0.1) is 30.8 Å². The van der Waals surface area contributed by atoms with E-state index >= 15 is 0 Å². The number of H-pyrrole nitrogens is 1. The van der Waals surface area contributed by atoms with Gasteiger partial charge in [-0.3, -0.25) is 4.57 Å². The van der Waals surface area contributed by atoms with E-state index in [4.69, 9.17) is 9.47 Å². The number of piperidine rings is 1. The molecule has 0 saturated carbocycles. The molecule has 3 aromatic carbocycles. The summed E-state index contributed by atoms with van der Waals surface area (Å²) in [6.07, 6.45) is 2.82. The number of para-hydroxylation sites is 2. The van der Waals surface area contributed by atoms with Crippen molar-refractivity contribution in [3.8, 4) is 5.75 Å². The number of fused-ring (bicyclic) bond motifs is 1. The van der Waals surface area contributed by atoms with E-state index in [0.29, 0.717) is 5.56 Å². The van der Waals surface area contributed by atoms with Gasteiger partial charge in [-0.2, -0.15) is 0 Å². The lowest BCUT2D eigenvalue weighted by molar-refractivity contribution is 0.0600. The first kappa shape index (κ1) is 24.8. The van der Waals surface area contributed by atoms with Crippen LogP contribution in [-0.4, -0.2) is 54.3 Å². The standard InChI is InChI=1S/C30H33N3O4/c1-36-25-7-5-6-23(20-25)26(21-10-12-22(13-11-21)29(34)37-2)16-19-32-17-14-24(15-18-32)33-28-9-4-3-8-27(28)31-30(33)35/h3-13,20,24,26H,14-19H2,1-2H3,(H,31,35). The number of carbonyl (C=O) groups excluding carboxylic acids is 1. The molecule has 5 rings (SSSR count). The number of nitrogens with one attached hydrogen (secondary N) is 1. The Hall–Kier alpha value is -3.84. The Morgan fingerprint density at radius 1 is 0.973 bits per heavy atom. The van der Waals surface area contributed by atoms with E-state index in [1.807, 2.05) is 65.2 Å². The van der Waals surface area contributed by atoms with Crippen LogP contribution in [0.2, 0.25) is 0 Å². The second-order valence-electron chi connectivity index (χ2n) is 9.62. The molecule has 1 unspecified atom stereocenters. The van der Waals surface area contributed by atoms with Gasteiger partial charge in [-0.15, -0.1) is 0 Å². The fourth-order valence-electron chi connectivity index (χ4n) is 5.50. The predicted octanol–water partition coefficient (Wildman–Crippen LogP) is 4.98. The van der Waals surface area contributed by atoms with Crippen LogP contribution in [0.3, 0.4) is 0 Å². The number of esters is 1. The molecule has 1 aliphatic heterocycles. The minimum absolute atomic E-state index is 0.0202. The van der Waals surface area contributed by atoms with Gasteiger partial charge < -0.3 is 19.4 Å². The summed E-state index contributed by atoms with van der Waals surface area (Å²) in [7, 11) is 3.08. The number of methoxy groups -OCH3 is 2. The van der Waals surface area contributed by atoms with Crippen molar-refractivity contribution in [2.45, 2.75) is 31.2 Å². The third-order valence-corrected chi connectivity index (χ3v) is 7.51. The summed E-state index contributed by atoms with van der Waals surface area (Å²) in [5.74, 6) is 0.663. The first-order chi connectivity index (χ1) is 18.1. The Bertz CT molecular complexity index is 1410. The van der Waals surface area contributed by atoms with E-state index in [1.165, 1.54) is 12.7 Å². The van der Waals surface area contributed by atoms with Crippen LogP contribution >= 0.6 is 0 Å². The van der Waals surface area contributed by atoms with Crippen LogP contribution in [-0.2, 0) is 4.74 Å². The zero-order chi connectivity index (χ0) is 25.8. The van der Waals surface area contributed by atoms with Gasteiger partial charge in [-0.1, -0.05) is 36.4 Å². The molecule has 1 saturated heterocycles. The molecule has 7 nitrogen and oxygen atoms in total. The summed E-state index contributed by atoms with van der Waals surface area (Å²) >= 11 is 0. The minimum Gasteiger partial charge on any atom is -0.497 e. The van der Waals surface area contributed by atoms with Gasteiger partial charge in [0.1, 0.15) is 5.75 Å². The first-order valence-corrected chi connectivity index (χ1v) is 12.8. The second-order valence-corrected chi connectivity index (χ2v) is 9.62. The average Bonchev–Trinajstić information content (AvgIpc) is 3.29. The van der Waals surface area contributed by atoms with Gasteiger partial charge in [0.2, 0.25) is 0 Å². The normalized spacial score (nSPS) is 15.5. The maximum Gasteiger partial charge on any atom is 0.337 e. The molecule has 1 atom stereocenters. The fourth-order valence-corrected chi connectivity index (χ4v) is 5.50. The van der Waals surface area contributed by atoms with Crippen LogP contribution in [0.25, 0.3) is 11.0 Å². The van der Waals surface area contributed by atoms with Gasteiger partial charge in [0.15, 0.2) is 0 Å². The highest BCUT2D eigenvalue weighted by molar-refractivity contribution is 5.89. The van der Waals surface area contributed by atoms with Gasteiger partial charge >= 0.3 is 11.7 Å². The van der Waals surface area contributed by atoms with Crippen molar-refractivity contribution < 1.29 is 14.3 Å². The summed E-state index contributed by atoms with van der Waals surface area (Å²) in [6.45, 7) is 2.83. The summed E-state index contributed by atoms with van der Waals surface area (Å²) < 4.78 is 12.3. The molecule has 192 valence electrons. The van der Waals surface area contributed by atoms with Crippen molar-refractivity contribution in [1.82, 2.24) is 14.5 Å². The number of hydrogen-bond acceptors (Lipinski definition) is 5. The molecule has 1 N–H and O–H groups in total. The van der Waals surface area contributed by atoms with Crippen molar-refractivity contribution in [3.05, 3.63) is 100.0 Å². The molecular weight excluding hydrogens is 466 g/mol. The highest BCUT2D eigenvalue weighted by Crippen LogP contribution is 2.32. The Labute approximate surface area is 216 Å². The molecular formula is C30H33N3O4. The third-order valence-electron chi connectivity index (χ3n) is 7.51. The molecule has 0 spiro atoms. The van der Waals surface area contributed by atoms with Crippen molar-refractivity contribution >= 4 is 17.0 Å². The molecule has 2 heterocycles. The number of imidazole rings is 1. The minimum atomic E-state index is -0.332. The number of aromatic amines is 1. The summed E-state index contributed by atoms with van der Waals surface area (Å²) in [6, 6.07) is 24.0. The quantitative estimate of drug-likeness (QED) is 0.346. The highest BCUT2D eigenvalue weighted by atomic mass is 16.5. The van der Waals surface area contributed by atoms with E-state index in [9.17, 15) is 9.59 Å². The molecule has 0 bridgehead atoms. The highest BCUT2D eigenvalue weighted by Gasteiger charge is 2.25. The lowest BCUT2D eigenvalue weighted by atomic mass is 9.87. The van der Waals surface area contributed by atoms with Crippen LogP contribution in [0.1, 0.15) is 52.7 Å². The zero-order valence-corrected chi connectivity index (χ0v) is 21.4. The molecule has 37 heavy (non-hydrogen) atoms. The number of rotatable bonds is 8. The number of hydrogen-bond donors (Lipinski definition) is 1. The van der Waals surface area contributed by atoms with Crippen LogP contribution < -0.4 is 10.4 Å². The van der Waals surface area contributed by atoms with Crippen LogP contribution in [0.15, 0.2) is 77.6 Å². The van der Waals surface area contributed by atoms with Crippen molar-refractivity contribution in [1.29, 1.82) is 0 Å². The first-order valence-electron chi connectivity index (χ1n) is 12.8. The van der Waals surface area contributed by atoms with Crippen molar-refractivity contribution in [2.75, 3.05) is 33.9 Å². The molecule has 0 aliphatic carbocycles. The monoisotopic (exact) mass is 499 g/mol. The van der Waals surface area contributed by atoms with Gasteiger partial charge in [-0.25, -0.2) is 9.59 Å². The molecule has 4 aromatic rings. The van der Waals surface area contributed by atoms with E-state index < -0.39 is 0 Å². The lowest BCUT2D eigenvalue weighted by Gasteiger charge is -2.33. The SMILES string of the molecule is COC(=O)c1ccc(C(CCN2CCC(n3c(=O)[nH]c4ccccc43)CC2)c2cccc(OC)c2)cc1. The molecule has 0 radical (unpaired) electrons. The molecule has 1 fully saturated rings.